The minimum atomic E-state index is -0.819. The predicted octanol–water partition coefficient (Wildman–Crippen LogP) is 2.54. The van der Waals surface area contributed by atoms with Crippen LogP contribution in [-0.2, 0) is 16.1 Å². The molecule has 2 rings (SSSR count). The normalized spacial score (nSPS) is 10.1. The SMILES string of the molecule is COc1ccc(CNC(=O)COC(=O)c2ccc(Cl)cc2O)cc1OC. The zero-order chi connectivity index (χ0) is 19.1. The number of hydrogen-bond acceptors (Lipinski definition) is 6. The number of benzene rings is 2. The quantitative estimate of drug-likeness (QED) is 0.718. The lowest BCUT2D eigenvalue weighted by Gasteiger charge is -2.11. The van der Waals surface area contributed by atoms with Gasteiger partial charge < -0.3 is 24.6 Å². The Labute approximate surface area is 155 Å². The summed E-state index contributed by atoms with van der Waals surface area (Å²) < 4.78 is 15.2. The summed E-state index contributed by atoms with van der Waals surface area (Å²) in [6, 6.07) is 9.21. The number of aromatic hydroxyl groups is 1. The molecule has 0 radical (unpaired) electrons. The first-order chi connectivity index (χ1) is 12.4. The van der Waals surface area contributed by atoms with Crippen molar-refractivity contribution in [1.82, 2.24) is 5.32 Å². The molecule has 0 aliphatic carbocycles. The van der Waals surface area contributed by atoms with Crippen LogP contribution in [0.2, 0.25) is 5.02 Å². The van der Waals surface area contributed by atoms with Crippen LogP contribution in [0.1, 0.15) is 15.9 Å². The number of carbonyl (C=O) groups is 2. The molecule has 26 heavy (non-hydrogen) atoms. The standard InChI is InChI=1S/C18H18ClNO6/c1-24-15-6-3-11(7-16(15)25-2)9-20-17(22)10-26-18(23)13-5-4-12(19)8-14(13)21/h3-8,21H,9-10H2,1-2H3,(H,20,22). The molecule has 0 bridgehead atoms. The van der Waals surface area contributed by atoms with Crippen LogP contribution in [0.4, 0.5) is 0 Å². The molecular formula is C18H18ClNO6. The van der Waals surface area contributed by atoms with E-state index in [-0.39, 0.29) is 22.9 Å². The molecular weight excluding hydrogens is 362 g/mol. The first-order valence-corrected chi connectivity index (χ1v) is 7.95. The van der Waals surface area contributed by atoms with Crippen LogP contribution in [0.25, 0.3) is 0 Å². The van der Waals surface area contributed by atoms with Gasteiger partial charge in [-0.05, 0) is 35.9 Å². The largest absolute Gasteiger partial charge is 0.507 e. The number of phenolic OH excluding ortho intramolecular Hbond substituents is 1. The van der Waals surface area contributed by atoms with Crippen molar-refractivity contribution in [1.29, 1.82) is 0 Å². The van der Waals surface area contributed by atoms with Gasteiger partial charge >= 0.3 is 5.97 Å². The van der Waals surface area contributed by atoms with E-state index in [0.717, 1.165) is 5.56 Å². The fourth-order valence-electron chi connectivity index (χ4n) is 2.13. The highest BCUT2D eigenvalue weighted by molar-refractivity contribution is 6.30. The molecule has 138 valence electrons. The maximum absolute atomic E-state index is 11.9. The minimum absolute atomic E-state index is 0.0675. The molecule has 2 aromatic rings. The number of ether oxygens (including phenoxy) is 3. The van der Waals surface area contributed by atoms with Gasteiger partial charge in [-0.25, -0.2) is 4.79 Å². The lowest BCUT2D eigenvalue weighted by atomic mass is 10.2. The molecule has 0 saturated carbocycles. The van der Waals surface area contributed by atoms with E-state index in [1.807, 2.05) is 0 Å². The molecule has 0 unspecified atom stereocenters. The fraction of sp³-hybridized carbons (Fsp3) is 0.222. The van der Waals surface area contributed by atoms with Crippen LogP contribution < -0.4 is 14.8 Å². The summed E-state index contributed by atoms with van der Waals surface area (Å²) in [4.78, 5) is 23.7. The Morgan fingerprint density at radius 3 is 2.46 bits per heavy atom. The number of methoxy groups -OCH3 is 2. The Kier molecular flexibility index (Phi) is 6.68. The van der Waals surface area contributed by atoms with Gasteiger partial charge in [0.1, 0.15) is 11.3 Å². The third kappa shape index (κ3) is 5.03. The first kappa shape index (κ1) is 19.4. The Morgan fingerprint density at radius 1 is 1.08 bits per heavy atom. The summed E-state index contributed by atoms with van der Waals surface area (Å²) in [6.45, 7) is -0.253. The number of carbonyl (C=O) groups excluding carboxylic acids is 2. The fourth-order valence-corrected chi connectivity index (χ4v) is 2.29. The van der Waals surface area contributed by atoms with Gasteiger partial charge in [0, 0.05) is 11.6 Å². The van der Waals surface area contributed by atoms with Crippen molar-refractivity contribution >= 4 is 23.5 Å². The summed E-state index contributed by atoms with van der Waals surface area (Å²) in [5.41, 5.74) is 0.722. The van der Waals surface area contributed by atoms with E-state index in [1.165, 1.54) is 32.4 Å². The molecule has 0 aromatic heterocycles. The highest BCUT2D eigenvalue weighted by Crippen LogP contribution is 2.27. The van der Waals surface area contributed by atoms with Crippen molar-refractivity contribution in [2.75, 3.05) is 20.8 Å². The van der Waals surface area contributed by atoms with Gasteiger partial charge in [-0.2, -0.15) is 0 Å². The van der Waals surface area contributed by atoms with E-state index >= 15 is 0 Å². The highest BCUT2D eigenvalue weighted by atomic mass is 35.5. The second-order valence-electron chi connectivity index (χ2n) is 5.20. The Balaban J connectivity index is 1.86. The summed E-state index contributed by atoms with van der Waals surface area (Å²) >= 11 is 5.70. The molecule has 0 aliphatic rings. The van der Waals surface area contributed by atoms with Crippen molar-refractivity contribution in [2.45, 2.75) is 6.54 Å². The number of esters is 1. The first-order valence-electron chi connectivity index (χ1n) is 7.58. The van der Waals surface area contributed by atoms with Crippen molar-refractivity contribution in [3.8, 4) is 17.2 Å². The molecule has 7 nitrogen and oxygen atoms in total. The number of nitrogens with one attached hydrogen (secondary N) is 1. The van der Waals surface area contributed by atoms with E-state index in [4.69, 9.17) is 25.8 Å². The second kappa shape index (κ2) is 8.96. The zero-order valence-corrected chi connectivity index (χ0v) is 15.0. The lowest BCUT2D eigenvalue weighted by Crippen LogP contribution is -2.28. The van der Waals surface area contributed by atoms with Crippen LogP contribution in [0.5, 0.6) is 17.2 Å². The average molecular weight is 380 g/mol. The number of rotatable bonds is 7. The van der Waals surface area contributed by atoms with Crippen molar-refractivity contribution in [2.24, 2.45) is 0 Å². The summed E-state index contributed by atoms with van der Waals surface area (Å²) in [5, 5.41) is 12.6. The summed E-state index contributed by atoms with van der Waals surface area (Å²) in [7, 11) is 3.05. The molecule has 0 spiro atoms. The molecule has 1 amide bonds. The van der Waals surface area contributed by atoms with Crippen LogP contribution in [0, 0.1) is 0 Å². The van der Waals surface area contributed by atoms with Gasteiger partial charge in [0.15, 0.2) is 18.1 Å². The maximum atomic E-state index is 11.9. The minimum Gasteiger partial charge on any atom is -0.507 e. The molecule has 2 N–H and O–H groups in total. The molecule has 2 aromatic carbocycles. The lowest BCUT2D eigenvalue weighted by molar-refractivity contribution is -0.124. The Morgan fingerprint density at radius 2 is 1.81 bits per heavy atom. The maximum Gasteiger partial charge on any atom is 0.342 e. The van der Waals surface area contributed by atoms with Gasteiger partial charge in [-0.15, -0.1) is 0 Å². The average Bonchev–Trinajstić information content (AvgIpc) is 2.64. The van der Waals surface area contributed by atoms with Crippen LogP contribution in [-0.4, -0.2) is 37.8 Å². The van der Waals surface area contributed by atoms with Gasteiger partial charge in [-0.3, -0.25) is 4.79 Å². The molecule has 0 saturated heterocycles. The van der Waals surface area contributed by atoms with Crippen molar-refractivity contribution < 1.29 is 28.9 Å². The van der Waals surface area contributed by atoms with Crippen LogP contribution in [0.3, 0.4) is 0 Å². The summed E-state index contributed by atoms with van der Waals surface area (Å²) in [5.74, 6) is -0.488. The third-order valence-electron chi connectivity index (χ3n) is 3.45. The van der Waals surface area contributed by atoms with Crippen molar-refractivity contribution in [3.63, 3.8) is 0 Å². The smallest absolute Gasteiger partial charge is 0.342 e. The number of halogens is 1. The van der Waals surface area contributed by atoms with Crippen LogP contribution >= 0.6 is 11.6 Å². The van der Waals surface area contributed by atoms with Gasteiger partial charge in [-0.1, -0.05) is 17.7 Å². The second-order valence-corrected chi connectivity index (χ2v) is 5.64. The topological polar surface area (TPSA) is 94.1 Å². The third-order valence-corrected chi connectivity index (χ3v) is 3.69. The summed E-state index contributed by atoms with van der Waals surface area (Å²) in [6.07, 6.45) is 0. The monoisotopic (exact) mass is 379 g/mol. The van der Waals surface area contributed by atoms with E-state index in [2.05, 4.69) is 5.32 Å². The van der Waals surface area contributed by atoms with E-state index in [9.17, 15) is 14.7 Å². The van der Waals surface area contributed by atoms with Crippen molar-refractivity contribution in [3.05, 3.63) is 52.5 Å². The molecule has 0 aliphatic heterocycles. The molecule has 0 heterocycles. The Hall–Kier alpha value is -2.93. The zero-order valence-electron chi connectivity index (χ0n) is 14.2. The highest BCUT2D eigenvalue weighted by Gasteiger charge is 2.15. The number of amides is 1. The van der Waals surface area contributed by atoms with Gasteiger partial charge in [0.25, 0.3) is 5.91 Å². The predicted molar refractivity (Wildman–Crippen MR) is 94.8 cm³/mol. The molecule has 0 fully saturated rings. The van der Waals surface area contributed by atoms with Gasteiger partial charge in [0.2, 0.25) is 0 Å². The van der Waals surface area contributed by atoms with Gasteiger partial charge in [0.05, 0.1) is 14.2 Å². The van der Waals surface area contributed by atoms with Crippen LogP contribution in [0.15, 0.2) is 36.4 Å². The number of hydrogen-bond donors (Lipinski definition) is 2. The van der Waals surface area contributed by atoms with E-state index in [1.54, 1.807) is 18.2 Å². The molecule has 8 heteroatoms. The Bertz CT molecular complexity index is 808. The van der Waals surface area contributed by atoms with E-state index in [0.29, 0.717) is 11.5 Å². The molecule has 0 atom stereocenters. The number of phenols is 1. The van der Waals surface area contributed by atoms with E-state index < -0.39 is 18.5 Å².